The molecule has 0 aromatic carbocycles. The number of amidine groups is 1. The minimum absolute atomic E-state index is 0.181. The van der Waals surface area contributed by atoms with Gasteiger partial charge in [0.15, 0.2) is 12.4 Å². The minimum Gasteiger partial charge on any atom is -0.463 e. The first-order chi connectivity index (χ1) is 17.4. The van der Waals surface area contributed by atoms with Crippen molar-refractivity contribution in [3.8, 4) is 17.7 Å². The van der Waals surface area contributed by atoms with Gasteiger partial charge in [-0.2, -0.15) is 4.39 Å². The normalized spacial score (nSPS) is 23.5. The van der Waals surface area contributed by atoms with Crippen molar-refractivity contribution in [2.45, 2.75) is 37.0 Å². The maximum atomic E-state index is 14.9. The first-order valence-corrected chi connectivity index (χ1v) is 12.5. The van der Waals surface area contributed by atoms with E-state index in [1.54, 1.807) is 32.2 Å². The van der Waals surface area contributed by atoms with Crippen molar-refractivity contribution in [3.63, 3.8) is 0 Å². The molecule has 11 heteroatoms. The molecule has 1 saturated carbocycles. The van der Waals surface area contributed by atoms with Crippen LogP contribution in [0.15, 0.2) is 35.7 Å². The highest BCUT2D eigenvalue weighted by Gasteiger charge is 2.53. The second kappa shape index (κ2) is 9.50. The summed E-state index contributed by atoms with van der Waals surface area (Å²) in [6.45, 7) is 3.16. The molecule has 3 N–H and O–H groups in total. The predicted molar refractivity (Wildman–Crippen MR) is 137 cm³/mol. The highest BCUT2D eigenvalue weighted by molar-refractivity contribution is 8.01. The van der Waals surface area contributed by atoms with Crippen molar-refractivity contribution in [1.29, 1.82) is 0 Å². The van der Waals surface area contributed by atoms with Crippen LogP contribution in [-0.2, 0) is 5.54 Å². The highest BCUT2D eigenvalue weighted by Crippen LogP contribution is 2.53. The van der Waals surface area contributed by atoms with Gasteiger partial charge in [-0.25, -0.2) is 24.3 Å². The van der Waals surface area contributed by atoms with E-state index in [9.17, 15) is 8.78 Å². The number of aromatic nitrogens is 4. The summed E-state index contributed by atoms with van der Waals surface area (Å²) in [4.78, 5) is 21.8. The number of nitrogens with two attached hydrogens (primary N) is 1. The van der Waals surface area contributed by atoms with E-state index in [1.807, 2.05) is 0 Å². The molecular weight excluding hydrogens is 484 g/mol. The molecule has 1 aliphatic heterocycles. The Morgan fingerprint density at radius 3 is 2.83 bits per heavy atom. The van der Waals surface area contributed by atoms with Crippen molar-refractivity contribution < 1.29 is 13.5 Å². The summed E-state index contributed by atoms with van der Waals surface area (Å²) >= 11 is 1.42. The van der Waals surface area contributed by atoms with Crippen molar-refractivity contribution in [1.82, 2.24) is 19.9 Å². The van der Waals surface area contributed by atoms with E-state index < -0.39 is 22.9 Å². The fraction of sp³-hybridized carbons (Fsp3) is 0.400. The van der Waals surface area contributed by atoms with E-state index in [0.717, 1.165) is 12.8 Å². The Labute approximate surface area is 211 Å². The third-order valence-corrected chi connectivity index (χ3v) is 8.31. The second-order valence-corrected chi connectivity index (χ2v) is 10.3. The first-order valence-electron chi connectivity index (χ1n) is 11.5. The molecule has 2 aliphatic rings. The molecule has 0 bridgehead atoms. The number of alkyl halides is 1. The number of aliphatic imine (C=N–C) groups is 1. The van der Waals surface area contributed by atoms with Crippen LogP contribution in [0.4, 0.5) is 20.3 Å². The zero-order chi connectivity index (χ0) is 25.3. The molecule has 0 radical (unpaired) electrons. The predicted octanol–water partition coefficient (Wildman–Crippen LogP) is 4.14. The van der Waals surface area contributed by atoms with E-state index in [-0.39, 0.29) is 23.9 Å². The number of rotatable bonds is 7. The molecule has 186 valence electrons. The average molecular weight is 510 g/mol. The summed E-state index contributed by atoms with van der Waals surface area (Å²) in [5.74, 6) is 6.49. The molecule has 3 aromatic rings. The lowest BCUT2D eigenvalue weighted by atomic mass is 9.93. The summed E-state index contributed by atoms with van der Waals surface area (Å²) in [6, 6.07) is 3.35. The zero-order valence-electron chi connectivity index (χ0n) is 19.9. The lowest BCUT2D eigenvalue weighted by Gasteiger charge is -2.40. The Hall–Kier alpha value is -3.52. The summed E-state index contributed by atoms with van der Waals surface area (Å²) in [5.41, 5.74) is 7.15. The van der Waals surface area contributed by atoms with Crippen LogP contribution in [-0.4, -0.2) is 49.6 Å². The van der Waals surface area contributed by atoms with E-state index in [1.165, 1.54) is 24.2 Å². The number of ether oxygens (including phenoxy) is 1. The standard InChI is InChI=1S/C25H25F2N7OS/c1-3-4-9-35-19-12-30-20-18(33-19)7-8-29-22(20)32-16-10-17(21(27)31-11-16)24(2)14-36-25(13-26,15-5-6-15)23(28)34-24/h7-8,10-12,15H,5-6,9,13-14H2,1-2H3,(H2,28,34)(H,29,32)/t24-,25-/m0/s1. The van der Waals surface area contributed by atoms with Gasteiger partial charge in [0.05, 0.1) is 29.1 Å². The number of pyridine rings is 2. The molecule has 0 spiro atoms. The average Bonchev–Trinajstić information content (AvgIpc) is 3.72. The van der Waals surface area contributed by atoms with Crippen molar-refractivity contribution in [3.05, 3.63) is 42.2 Å². The summed E-state index contributed by atoms with van der Waals surface area (Å²) in [5, 5.41) is 3.16. The van der Waals surface area contributed by atoms with E-state index >= 15 is 0 Å². The Balaban J connectivity index is 1.44. The third-order valence-electron chi connectivity index (χ3n) is 6.44. The monoisotopic (exact) mass is 509 g/mol. The maximum Gasteiger partial charge on any atom is 0.233 e. The van der Waals surface area contributed by atoms with Crippen LogP contribution in [0.5, 0.6) is 5.88 Å². The fourth-order valence-electron chi connectivity index (χ4n) is 4.27. The lowest BCUT2D eigenvalue weighted by molar-refractivity contribution is 0.355. The highest BCUT2D eigenvalue weighted by atomic mass is 32.2. The van der Waals surface area contributed by atoms with Crippen LogP contribution in [0.3, 0.4) is 0 Å². The molecule has 0 amide bonds. The molecule has 1 fully saturated rings. The summed E-state index contributed by atoms with van der Waals surface area (Å²) < 4.78 is 33.7. The number of anilines is 2. The maximum absolute atomic E-state index is 14.9. The molecule has 0 saturated heterocycles. The molecule has 5 rings (SSSR count). The number of nitrogens with zero attached hydrogens (tertiary/aromatic N) is 5. The van der Waals surface area contributed by atoms with Crippen LogP contribution >= 0.6 is 11.8 Å². The molecule has 3 aromatic heterocycles. The SMILES string of the molecule is CC#CCOc1cnc2c(Nc3cnc(F)c([C@]4(C)CS[C@@](CF)(C5CC5)C(N)=N4)c3)nccc2n1. The van der Waals surface area contributed by atoms with Crippen LogP contribution in [0.2, 0.25) is 0 Å². The number of halogens is 2. The Bertz CT molecular complexity index is 1400. The topological polar surface area (TPSA) is 111 Å². The quantitative estimate of drug-likeness (QED) is 0.361. The Kier molecular flexibility index (Phi) is 6.38. The van der Waals surface area contributed by atoms with Gasteiger partial charge in [0.2, 0.25) is 11.8 Å². The van der Waals surface area contributed by atoms with Crippen LogP contribution in [0.1, 0.15) is 32.3 Å². The summed E-state index contributed by atoms with van der Waals surface area (Å²) in [7, 11) is 0. The van der Waals surface area contributed by atoms with Gasteiger partial charge in [-0.05, 0) is 44.7 Å². The fourth-order valence-corrected chi connectivity index (χ4v) is 5.77. The third kappa shape index (κ3) is 4.41. The Morgan fingerprint density at radius 2 is 2.11 bits per heavy atom. The van der Waals surface area contributed by atoms with Gasteiger partial charge < -0.3 is 15.8 Å². The number of hydrogen-bond acceptors (Lipinski definition) is 9. The molecule has 36 heavy (non-hydrogen) atoms. The number of fused-ring (bicyclic) bond motifs is 1. The zero-order valence-corrected chi connectivity index (χ0v) is 20.7. The second-order valence-electron chi connectivity index (χ2n) is 9.00. The molecule has 1 aliphatic carbocycles. The molecule has 4 heterocycles. The molecule has 2 atom stereocenters. The van der Waals surface area contributed by atoms with E-state index in [4.69, 9.17) is 10.5 Å². The van der Waals surface area contributed by atoms with Gasteiger partial charge >= 0.3 is 0 Å². The minimum atomic E-state index is -0.989. The van der Waals surface area contributed by atoms with E-state index in [2.05, 4.69) is 42.1 Å². The van der Waals surface area contributed by atoms with Crippen LogP contribution in [0.25, 0.3) is 11.0 Å². The molecular formula is C25H25F2N7OS. The first kappa shape index (κ1) is 24.2. The van der Waals surface area contributed by atoms with Crippen LogP contribution in [0, 0.1) is 23.7 Å². The smallest absolute Gasteiger partial charge is 0.233 e. The lowest BCUT2D eigenvalue weighted by Crippen LogP contribution is -2.51. The number of hydrogen-bond donors (Lipinski definition) is 2. The van der Waals surface area contributed by atoms with Gasteiger partial charge in [0.25, 0.3) is 0 Å². The van der Waals surface area contributed by atoms with Gasteiger partial charge in [-0.15, -0.1) is 17.7 Å². The van der Waals surface area contributed by atoms with Gasteiger partial charge in [-0.3, -0.25) is 4.99 Å². The van der Waals surface area contributed by atoms with Crippen molar-refractivity contribution in [2.24, 2.45) is 16.6 Å². The van der Waals surface area contributed by atoms with Gasteiger partial charge in [0, 0.05) is 17.5 Å². The number of thioether (sulfide) groups is 1. The van der Waals surface area contributed by atoms with Crippen LogP contribution < -0.4 is 15.8 Å². The van der Waals surface area contributed by atoms with Crippen molar-refractivity contribution >= 4 is 40.1 Å². The van der Waals surface area contributed by atoms with E-state index in [0.29, 0.717) is 34.2 Å². The van der Waals surface area contributed by atoms with Gasteiger partial charge in [-0.1, -0.05) is 5.92 Å². The largest absolute Gasteiger partial charge is 0.463 e. The Morgan fingerprint density at radius 1 is 1.28 bits per heavy atom. The molecule has 0 unspecified atom stereocenters. The number of nitrogens with one attached hydrogen (secondary N) is 1. The van der Waals surface area contributed by atoms with Gasteiger partial charge in [0.1, 0.15) is 22.8 Å². The molecule has 8 nitrogen and oxygen atoms in total. The van der Waals surface area contributed by atoms with Crippen molar-refractivity contribution in [2.75, 3.05) is 24.4 Å². The summed E-state index contributed by atoms with van der Waals surface area (Å²) in [6.07, 6.45) is 6.32.